The number of hydrogen-bond acceptors (Lipinski definition) is 4. The molecule has 0 atom stereocenters. The number of carboxylic acid groups (broad SMARTS) is 1. The number of benzene rings is 1. The fourth-order valence-corrected chi connectivity index (χ4v) is 2.39. The summed E-state index contributed by atoms with van der Waals surface area (Å²) in [5.41, 5.74) is 0.513. The molecule has 0 radical (unpaired) electrons. The van der Waals surface area contributed by atoms with Crippen LogP contribution in [0.5, 0.6) is 0 Å². The van der Waals surface area contributed by atoms with Crippen LogP contribution in [0.15, 0.2) is 30.3 Å². The van der Waals surface area contributed by atoms with E-state index in [0.29, 0.717) is 32.0 Å². The molecule has 1 saturated heterocycles. The first-order valence-corrected chi connectivity index (χ1v) is 7.50. The van der Waals surface area contributed by atoms with Gasteiger partial charge in [-0.25, -0.2) is 0 Å². The lowest BCUT2D eigenvalue weighted by atomic mass is 10.2. The summed E-state index contributed by atoms with van der Waals surface area (Å²) in [5, 5.41) is 8.99. The van der Waals surface area contributed by atoms with Crippen molar-refractivity contribution in [2.45, 2.75) is 12.8 Å². The predicted octanol–water partition coefficient (Wildman–Crippen LogP) is 0.743. The highest BCUT2D eigenvalue weighted by atomic mass is 16.5. The first-order valence-electron chi connectivity index (χ1n) is 7.50. The van der Waals surface area contributed by atoms with Crippen molar-refractivity contribution in [2.24, 2.45) is 0 Å². The number of aliphatic carboxylic acids is 1. The Hall–Kier alpha value is -2.41. The van der Waals surface area contributed by atoms with E-state index in [0.717, 1.165) is 0 Å². The average Bonchev–Trinajstić information content (AvgIpc) is 2.58. The molecule has 1 N–H and O–H groups in total. The second-order valence-electron chi connectivity index (χ2n) is 5.20. The number of hydrogen-bond donors (Lipinski definition) is 1. The minimum Gasteiger partial charge on any atom is -0.480 e. The summed E-state index contributed by atoms with van der Waals surface area (Å²) in [6.07, 6.45) is 0.0557. The van der Waals surface area contributed by atoms with Crippen LogP contribution < -0.4 is 4.90 Å². The minimum absolute atomic E-state index is 0.0155. The van der Waals surface area contributed by atoms with Crippen molar-refractivity contribution in [3.8, 4) is 0 Å². The van der Waals surface area contributed by atoms with E-state index in [9.17, 15) is 14.4 Å². The summed E-state index contributed by atoms with van der Waals surface area (Å²) in [5.74, 6) is -1.58. The standard InChI is InChI=1S/C16H20N2O5/c19-14(17-8-10-23-11-9-17)6-7-15(20)18(12-16(21)22)13-4-2-1-3-5-13/h1-5H,6-12H2,(H,21,22). The molecular formula is C16H20N2O5. The van der Waals surface area contributed by atoms with Gasteiger partial charge in [0.25, 0.3) is 0 Å². The number of rotatable bonds is 6. The van der Waals surface area contributed by atoms with Crippen molar-refractivity contribution >= 4 is 23.5 Å². The fraction of sp³-hybridized carbons (Fsp3) is 0.438. The fourth-order valence-electron chi connectivity index (χ4n) is 2.39. The molecule has 7 heteroatoms. The maximum atomic E-state index is 12.3. The van der Waals surface area contributed by atoms with Crippen LogP contribution in [0.25, 0.3) is 0 Å². The molecule has 124 valence electrons. The first kappa shape index (κ1) is 17.0. The Morgan fingerprint density at radius 2 is 1.74 bits per heavy atom. The monoisotopic (exact) mass is 320 g/mol. The van der Waals surface area contributed by atoms with E-state index in [1.165, 1.54) is 4.90 Å². The highest BCUT2D eigenvalue weighted by Crippen LogP contribution is 2.15. The first-order chi connectivity index (χ1) is 11.1. The molecule has 0 aromatic heterocycles. The second kappa shape index (κ2) is 8.28. The molecule has 7 nitrogen and oxygen atoms in total. The normalized spacial score (nSPS) is 14.3. The molecule has 1 heterocycles. The van der Waals surface area contributed by atoms with Crippen molar-refractivity contribution in [2.75, 3.05) is 37.7 Å². The van der Waals surface area contributed by atoms with E-state index in [2.05, 4.69) is 0 Å². The van der Waals surface area contributed by atoms with Gasteiger partial charge in [-0.1, -0.05) is 18.2 Å². The largest absolute Gasteiger partial charge is 0.480 e. The highest BCUT2D eigenvalue weighted by Gasteiger charge is 2.22. The summed E-state index contributed by atoms with van der Waals surface area (Å²) in [7, 11) is 0. The molecule has 0 aliphatic carbocycles. The van der Waals surface area contributed by atoms with Gasteiger partial charge >= 0.3 is 5.97 Å². The Balaban J connectivity index is 1.95. The summed E-state index contributed by atoms with van der Waals surface area (Å²) in [6, 6.07) is 8.59. The third-order valence-electron chi connectivity index (χ3n) is 3.58. The zero-order valence-corrected chi connectivity index (χ0v) is 12.8. The quantitative estimate of drug-likeness (QED) is 0.835. The number of amides is 2. The molecule has 0 spiro atoms. The molecule has 1 aromatic rings. The molecule has 0 saturated carbocycles. The molecule has 1 aliphatic rings. The number of anilines is 1. The lowest BCUT2D eigenvalue weighted by Crippen LogP contribution is -2.41. The Bertz CT molecular complexity index is 555. The van der Waals surface area contributed by atoms with Gasteiger partial charge in [0.2, 0.25) is 11.8 Å². The van der Waals surface area contributed by atoms with Crippen LogP contribution in [0, 0.1) is 0 Å². The Morgan fingerprint density at radius 3 is 2.35 bits per heavy atom. The number of carbonyl (C=O) groups is 3. The van der Waals surface area contributed by atoms with Gasteiger partial charge in [-0.05, 0) is 12.1 Å². The van der Waals surface area contributed by atoms with Crippen molar-refractivity contribution in [3.63, 3.8) is 0 Å². The van der Waals surface area contributed by atoms with Gasteiger partial charge in [-0.2, -0.15) is 0 Å². The van der Waals surface area contributed by atoms with E-state index in [1.807, 2.05) is 0 Å². The summed E-state index contributed by atoms with van der Waals surface area (Å²) in [6.45, 7) is 1.66. The van der Waals surface area contributed by atoms with Gasteiger partial charge in [0.1, 0.15) is 6.54 Å². The number of ether oxygens (including phenoxy) is 1. The van der Waals surface area contributed by atoms with Gasteiger partial charge in [-0.3, -0.25) is 14.4 Å². The van der Waals surface area contributed by atoms with E-state index < -0.39 is 12.5 Å². The highest BCUT2D eigenvalue weighted by molar-refractivity contribution is 5.98. The molecule has 0 unspecified atom stereocenters. The molecule has 2 amide bonds. The minimum atomic E-state index is -1.10. The van der Waals surface area contributed by atoms with Gasteiger partial charge in [0, 0.05) is 31.6 Å². The topological polar surface area (TPSA) is 87.2 Å². The lowest BCUT2D eigenvalue weighted by molar-refractivity contribution is -0.137. The maximum absolute atomic E-state index is 12.3. The van der Waals surface area contributed by atoms with Crippen molar-refractivity contribution in [1.82, 2.24) is 4.90 Å². The molecule has 1 aliphatic heterocycles. The van der Waals surface area contributed by atoms with E-state index >= 15 is 0 Å². The molecule has 23 heavy (non-hydrogen) atoms. The van der Waals surface area contributed by atoms with Crippen LogP contribution in [0.4, 0.5) is 5.69 Å². The van der Waals surface area contributed by atoms with Crippen LogP contribution in [0.1, 0.15) is 12.8 Å². The van der Waals surface area contributed by atoms with Crippen LogP contribution in [0.3, 0.4) is 0 Å². The summed E-state index contributed by atoms with van der Waals surface area (Å²) in [4.78, 5) is 38.2. The van der Waals surface area contributed by atoms with Crippen LogP contribution in [-0.2, 0) is 19.1 Å². The maximum Gasteiger partial charge on any atom is 0.323 e. The zero-order chi connectivity index (χ0) is 16.7. The van der Waals surface area contributed by atoms with Gasteiger partial charge < -0.3 is 19.6 Å². The molecule has 1 fully saturated rings. The Kier molecular flexibility index (Phi) is 6.10. The third kappa shape index (κ3) is 5.07. The van der Waals surface area contributed by atoms with E-state index in [4.69, 9.17) is 9.84 Å². The third-order valence-corrected chi connectivity index (χ3v) is 3.58. The van der Waals surface area contributed by atoms with E-state index in [-0.39, 0.29) is 24.7 Å². The van der Waals surface area contributed by atoms with Gasteiger partial charge in [0.05, 0.1) is 13.2 Å². The van der Waals surface area contributed by atoms with Gasteiger partial charge in [0.15, 0.2) is 0 Å². The molecule has 0 bridgehead atoms. The Labute approximate surface area is 134 Å². The number of carbonyl (C=O) groups excluding carboxylic acids is 2. The second-order valence-corrected chi connectivity index (χ2v) is 5.20. The lowest BCUT2D eigenvalue weighted by Gasteiger charge is -2.27. The van der Waals surface area contributed by atoms with Crippen LogP contribution in [-0.4, -0.2) is 60.6 Å². The average molecular weight is 320 g/mol. The SMILES string of the molecule is O=C(O)CN(C(=O)CCC(=O)N1CCOCC1)c1ccccc1. The van der Waals surface area contributed by atoms with Crippen molar-refractivity contribution in [3.05, 3.63) is 30.3 Å². The van der Waals surface area contributed by atoms with E-state index in [1.54, 1.807) is 35.2 Å². The molecule has 1 aromatic carbocycles. The van der Waals surface area contributed by atoms with Gasteiger partial charge in [-0.15, -0.1) is 0 Å². The molecular weight excluding hydrogens is 300 g/mol. The zero-order valence-electron chi connectivity index (χ0n) is 12.8. The number of carboxylic acids is 1. The van der Waals surface area contributed by atoms with Crippen LogP contribution in [0.2, 0.25) is 0 Å². The molecule has 2 rings (SSSR count). The number of para-hydroxylation sites is 1. The Morgan fingerprint density at radius 1 is 1.09 bits per heavy atom. The van der Waals surface area contributed by atoms with Crippen molar-refractivity contribution < 1.29 is 24.2 Å². The summed E-state index contributed by atoms with van der Waals surface area (Å²) >= 11 is 0. The smallest absolute Gasteiger partial charge is 0.323 e. The number of nitrogens with zero attached hydrogens (tertiary/aromatic N) is 2. The number of morpholine rings is 1. The predicted molar refractivity (Wildman–Crippen MR) is 83.1 cm³/mol. The van der Waals surface area contributed by atoms with Crippen molar-refractivity contribution in [1.29, 1.82) is 0 Å². The van der Waals surface area contributed by atoms with Crippen LogP contribution >= 0.6 is 0 Å². The summed E-state index contributed by atoms with van der Waals surface area (Å²) < 4.78 is 5.18.